The maximum atomic E-state index is 5.90. The average Bonchev–Trinajstić information content (AvgIpc) is 2.21. The fraction of sp³-hybridized carbons (Fsp3) is 1.00. The maximum Gasteiger partial charge on any atom is 0.00387 e. The summed E-state index contributed by atoms with van der Waals surface area (Å²) in [4.78, 5) is 0. The Labute approximate surface area is 91.5 Å². The second kappa shape index (κ2) is 15.4. The molecule has 0 aliphatic carbocycles. The highest BCUT2D eigenvalue weighted by atomic mass is 14.6. The fourth-order valence-corrected chi connectivity index (χ4v) is 1.53. The minimum Gasteiger partial charge on any atom is -0.328 e. The molecule has 2 N–H and O–H groups in total. The predicted molar refractivity (Wildman–Crippen MR) is 67.6 cm³/mol. The lowest BCUT2D eigenvalue weighted by Gasteiger charge is -2.08. The van der Waals surface area contributed by atoms with Gasteiger partial charge < -0.3 is 5.73 Å². The number of unbranched alkanes of at least 4 members (excludes halogenated alkanes) is 4. The van der Waals surface area contributed by atoms with E-state index in [1.807, 2.05) is 13.8 Å². The molecule has 1 atom stereocenters. The molecular formula is C13H31N. The van der Waals surface area contributed by atoms with E-state index in [0.717, 1.165) is 0 Å². The van der Waals surface area contributed by atoms with Crippen LogP contribution in [0.15, 0.2) is 0 Å². The molecule has 1 heteroatoms. The molecule has 1 unspecified atom stereocenters. The van der Waals surface area contributed by atoms with Gasteiger partial charge in [-0.25, -0.2) is 0 Å². The number of rotatable bonds is 8. The lowest BCUT2D eigenvalue weighted by Crippen LogP contribution is -2.18. The van der Waals surface area contributed by atoms with Gasteiger partial charge in [-0.05, 0) is 12.8 Å². The summed E-state index contributed by atoms with van der Waals surface area (Å²) < 4.78 is 0. The quantitative estimate of drug-likeness (QED) is 0.575. The summed E-state index contributed by atoms with van der Waals surface area (Å²) in [6.45, 7) is 8.46. The van der Waals surface area contributed by atoms with E-state index in [1.165, 1.54) is 51.4 Å². The van der Waals surface area contributed by atoms with Gasteiger partial charge in [0, 0.05) is 6.04 Å². The van der Waals surface area contributed by atoms with Gasteiger partial charge in [0.15, 0.2) is 0 Å². The standard InChI is InChI=1S/C11H25N.C2H6/c1-3-5-6-7-8-10-11(12)9-4-2;1-2/h11H,3-10,12H2,1-2H3;1-2H3. The van der Waals surface area contributed by atoms with Crippen LogP contribution in [0.1, 0.15) is 79.1 Å². The topological polar surface area (TPSA) is 26.0 Å². The van der Waals surface area contributed by atoms with Gasteiger partial charge in [-0.3, -0.25) is 0 Å². The summed E-state index contributed by atoms with van der Waals surface area (Å²) in [7, 11) is 0. The summed E-state index contributed by atoms with van der Waals surface area (Å²) in [6.07, 6.45) is 10.5. The van der Waals surface area contributed by atoms with Gasteiger partial charge in [-0.1, -0.05) is 66.2 Å². The van der Waals surface area contributed by atoms with Crippen LogP contribution in [-0.2, 0) is 0 Å². The van der Waals surface area contributed by atoms with E-state index >= 15 is 0 Å². The molecule has 0 bridgehead atoms. The third kappa shape index (κ3) is 14.5. The van der Waals surface area contributed by atoms with E-state index in [0.29, 0.717) is 6.04 Å². The van der Waals surface area contributed by atoms with Crippen molar-refractivity contribution in [3.05, 3.63) is 0 Å². The van der Waals surface area contributed by atoms with Crippen LogP contribution < -0.4 is 5.73 Å². The van der Waals surface area contributed by atoms with Crippen molar-refractivity contribution in [3.8, 4) is 0 Å². The van der Waals surface area contributed by atoms with Crippen LogP contribution in [0, 0.1) is 0 Å². The number of hydrogen-bond acceptors (Lipinski definition) is 1. The molecule has 88 valence electrons. The molecule has 0 amide bonds. The molecule has 0 saturated heterocycles. The SMILES string of the molecule is CC.CCCCCCCC(N)CCC. The molecule has 0 aromatic heterocycles. The molecule has 1 nitrogen and oxygen atoms in total. The van der Waals surface area contributed by atoms with Gasteiger partial charge in [0.2, 0.25) is 0 Å². The van der Waals surface area contributed by atoms with Crippen LogP contribution in [0.2, 0.25) is 0 Å². The van der Waals surface area contributed by atoms with Gasteiger partial charge in [-0.15, -0.1) is 0 Å². The minimum absolute atomic E-state index is 0.469. The van der Waals surface area contributed by atoms with Crippen LogP contribution in [0.5, 0.6) is 0 Å². The molecule has 0 aromatic rings. The van der Waals surface area contributed by atoms with Gasteiger partial charge in [-0.2, -0.15) is 0 Å². The number of nitrogens with two attached hydrogens (primary N) is 1. The Morgan fingerprint density at radius 3 is 1.86 bits per heavy atom. The molecule has 0 aromatic carbocycles. The summed E-state index contributed by atoms with van der Waals surface area (Å²) in [6, 6.07) is 0.469. The third-order valence-corrected chi connectivity index (χ3v) is 2.34. The zero-order valence-corrected chi connectivity index (χ0v) is 10.8. The molecule has 0 spiro atoms. The Kier molecular flexibility index (Phi) is 18.1. The first-order chi connectivity index (χ1) is 6.81. The second-order valence-corrected chi connectivity index (χ2v) is 3.75. The van der Waals surface area contributed by atoms with E-state index < -0.39 is 0 Å². The normalized spacial score (nSPS) is 11.8. The minimum atomic E-state index is 0.469. The smallest absolute Gasteiger partial charge is 0.00387 e. The van der Waals surface area contributed by atoms with Gasteiger partial charge in [0.25, 0.3) is 0 Å². The predicted octanol–water partition coefficient (Wildman–Crippen LogP) is 4.50. The Morgan fingerprint density at radius 2 is 1.36 bits per heavy atom. The molecule has 14 heavy (non-hydrogen) atoms. The largest absolute Gasteiger partial charge is 0.328 e. The zero-order chi connectivity index (χ0) is 11.2. The first kappa shape index (κ1) is 16.4. The van der Waals surface area contributed by atoms with Crippen molar-refractivity contribution >= 4 is 0 Å². The molecular weight excluding hydrogens is 170 g/mol. The van der Waals surface area contributed by atoms with Crippen LogP contribution in [0.25, 0.3) is 0 Å². The van der Waals surface area contributed by atoms with E-state index in [4.69, 9.17) is 5.73 Å². The van der Waals surface area contributed by atoms with Crippen LogP contribution in [0.3, 0.4) is 0 Å². The van der Waals surface area contributed by atoms with Crippen molar-refractivity contribution < 1.29 is 0 Å². The summed E-state index contributed by atoms with van der Waals surface area (Å²) in [5.74, 6) is 0. The molecule has 0 rings (SSSR count). The Morgan fingerprint density at radius 1 is 0.786 bits per heavy atom. The molecule has 0 radical (unpaired) electrons. The zero-order valence-electron chi connectivity index (χ0n) is 10.8. The lowest BCUT2D eigenvalue weighted by atomic mass is 10.0. The highest BCUT2D eigenvalue weighted by molar-refractivity contribution is 4.59. The highest BCUT2D eigenvalue weighted by Gasteiger charge is 1.99. The van der Waals surface area contributed by atoms with Crippen LogP contribution in [0.4, 0.5) is 0 Å². The molecule has 0 heterocycles. The van der Waals surface area contributed by atoms with E-state index in [2.05, 4.69) is 13.8 Å². The van der Waals surface area contributed by atoms with Crippen LogP contribution >= 0.6 is 0 Å². The summed E-state index contributed by atoms with van der Waals surface area (Å²) >= 11 is 0. The van der Waals surface area contributed by atoms with Crippen LogP contribution in [-0.4, -0.2) is 6.04 Å². The fourth-order valence-electron chi connectivity index (χ4n) is 1.53. The second-order valence-electron chi connectivity index (χ2n) is 3.75. The van der Waals surface area contributed by atoms with E-state index in [-0.39, 0.29) is 0 Å². The first-order valence-corrected chi connectivity index (χ1v) is 6.56. The summed E-state index contributed by atoms with van der Waals surface area (Å²) in [5, 5.41) is 0. The highest BCUT2D eigenvalue weighted by Crippen LogP contribution is 2.08. The Balaban J connectivity index is 0. The van der Waals surface area contributed by atoms with Crippen molar-refractivity contribution in [3.63, 3.8) is 0 Å². The van der Waals surface area contributed by atoms with Crippen molar-refractivity contribution in [2.45, 2.75) is 85.1 Å². The first-order valence-electron chi connectivity index (χ1n) is 6.56. The van der Waals surface area contributed by atoms with Gasteiger partial charge in [0.1, 0.15) is 0 Å². The molecule has 0 fully saturated rings. The average molecular weight is 201 g/mol. The third-order valence-electron chi connectivity index (χ3n) is 2.34. The van der Waals surface area contributed by atoms with Crippen molar-refractivity contribution in [1.82, 2.24) is 0 Å². The number of hydrogen-bond donors (Lipinski definition) is 1. The molecule has 0 aliphatic heterocycles. The maximum absolute atomic E-state index is 5.90. The molecule has 0 saturated carbocycles. The van der Waals surface area contributed by atoms with Gasteiger partial charge in [0.05, 0.1) is 0 Å². The van der Waals surface area contributed by atoms with E-state index in [1.54, 1.807) is 0 Å². The molecule has 0 aliphatic rings. The van der Waals surface area contributed by atoms with Crippen molar-refractivity contribution in [1.29, 1.82) is 0 Å². The monoisotopic (exact) mass is 201 g/mol. The lowest BCUT2D eigenvalue weighted by molar-refractivity contribution is 0.512. The van der Waals surface area contributed by atoms with E-state index in [9.17, 15) is 0 Å². The van der Waals surface area contributed by atoms with Crippen molar-refractivity contribution in [2.24, 2.45) is 5.73 Å². The van der Waals surface area contributed by atoms with Gasteiger partial charge >= 0.3 is 0 Å². The Hall–Kier alpha value is -0.0400. The summed E-state index contributed by atoms with van der Waals surface area (Å²) in [5.41, 5.74) is 5.90. The van der Waals surface area contributed by atoms with Crippen molar-refractivity contribution in [2.75, 3.05) is 0 Å². The Bertz CT molecular complexity index is 81.3.